The number of rotatable bonds is 3. The van der Waals surface area contributed by atoms with E-state index in [1.165, 1.54) is 0 Å². The lowest BCUT2D eigenvalue weighted by Gasteiger charge is -2.04. The van der Waals surface area contributed by atoms with Crippen molar-refractivity contribution >= 4 is 11.3 Å². The van der Waals surface area contributed by atoms with Gasteiger partial charge in [-0.05, 0) is 24.3 Å². The number of aliphatic hydroxyl groups excluding tert-OH is 1. The average molecular weight is 269 g/mol. The number of hydrogen-bond acceptors (Lipinski definition) is 4. The summed E-state index contributed by atoms with van der Waals surface area (Å²) >= 11 is 1.56. The molecule has 0 aliphatic carbocycles. The Balaban J connectivity index is 1.98. The number of benzene rings is 1. The Morgan fingerprint density at radius 2 is 2.16 bits per heavy atom. The van der Waals surface area contributed by atoms with Gasteiger partial charge >= 0.3 is 0 Å². The minimum atomic E-state index is -0.136. The molecular weight excluding hydrogens is 258 g/mol. The summed E-state index contributed by atoms with van der Waals surface area (Å²) in [6.07, 6.45) is 0. The highest BCUT2D eigenvalue weighted by Gasteiger charge is 2.00. The van der Waals surface area contributed by atoms with E-state index >= 15 is 0 Å². The van der Waals surface area contributed by atoms with Crippen LogP contribution < -0.4 is 4.74 Å². The van der Waals surface area contributed by atoms with Crippen molar-refractivity contribution in [2.75, 3.05) is 6.61 Å². The summed E-state index contributed by atoms with van der Waals surface area (Å²) in [5.41, 5.74) is 1.46. The van der Waals surface area contributed by atoms with Crippen LogP contribution in [0.1, 0.15) is 16.0 Å². The van der Waals surface area contributed by atoms with Gasteiger partial charge in [0.05, 0.1) is 11.6 Å². The van der Waals surface area contributed by atoms with Crippen molar-refractivity contribution < 1.29 is 9.84 Å². The molecule has 0 saturated heterocycles. The van der Waals surface area contributed by atoms with E-state index in [1.807, 2.05) is 17.5 Å². The van der Waals surface area contributed by atoms with Gasteiger partial charge in [0.25, 0.3) is 0 Å². The van der Waals surface area contributed by atoms with E-state index in [2.05, 4.69) is 17.9 Å². The number of hydrogen-bond donors (Lipinski definition) is 1. The molecule has 19 heavy (non-hydrogen) atoms. The third-order valence-electron chi connectivity index (χ3n) is 2.31. The van der Waals surface area contributed by atoms with Crippen LogP contribution in [0.3, 0.4) is 0 Å². The van der Waals surface area contributed by atoms with Gasteiger partial charge in [-0.1, -0.05) is 17.9 Å². The Labute approximate surface area is 115 Å². The Bertz CT molecular complexity index is 659. The summed E-state index contributed by atoms with van der Waals surface area (Å²) in [5, 5.41) is 19.3. The molecule has 0 fully saturated rings. The highest BCUT2D eigenvalue weighted by Crippen LogP contribution is 2.18. The van der Waals surface area contributed by atoms with Crippen molar-refractivity contribution in [3.63, 3.8) is 0 Å². The number of nitrogens with zero attached hydrogens (tertiary/aromatic N) is 1. The molecule has 0 radical (unpaired) electrons. The van der Waals surface area contributed by atoms with E-state index in [-0.39, 0.29) is 6.61 Å². The van der Waals surface area contributed by atoms with E-state index in [0.29, 0.717) is 17.9 Å². The summed E-state index contributed by atoms with van der Waals surface area (Å²) in [6.45, 7) is 0.309. The highest BCUT2D eigenvalue weighted by atomic mass is 32.1. The zero-order valence-corrected chi connectivity index (χ0v) is 10.9. The molecule has 0 spiro atoms. The van der Waals surface area contributed by atoms with Crippen LogP contribution in [0.25, 0.3) is 0 Å². The molecule has 0 atom stereocenters. The van der Waals surface area contributed by atoms with E-state index in [1.54, 1.807) is 29.5 Å². The third kappa shape index (κ3) is 3.86. The maximum Gasteiger partial charge on any atom is 0.122 e. The van der Waals surface area contributed by atoms with Crippen molar-refractivity contribution in [2.45, 2.75) is 6.61 Å². The maximum absolute atomic E-state index is 8.79. The van der Waals surface area contributed by atoms with Crippen molar-refractivity contribution in [1.29, 1.82) is 5.26 Å². The fraction of sp³-hybridized carbons (Fsp3) is 0.133. The van der Waals surface area contributed by atoms with E-state index < -0.39 is 0 Å². The van der Waals surface area contributed by atoms with Gasteiger partial charge < -0.3 is 9.84 Å². The van der Waals surface area contributed by atoms with Gasteiger partial charge in [-0.3, -0.25) is 0 Å². The van der Waals surface area contributed by atoms with Crippen LogP contribution in [-0.2, 0) is 6.61 Å². The van der Waals surface area contributed by atoms with Gasteiger partial charge in [0.15, 0.2) is 0 Å². The van der Waals surface area contributed by atoms with Crippen LogP contribution in [0.5, 0.6) is 5.75 Å². The van der Waals surface area contributed by atoms with Gasteiger partial charge in [0.2, 0.25) is 0 Å². The lowest BCUT2D eigenvalue weighted by atomic mass is 10.2. The predicted octanol–water partition coefficient (Wildman–Crippen LogP) is 2.54. The number of thiophene rings is 1. The minimum Gasteiger partial charge on any atom is -0.488 e. The quantitative estimate of drug-likeness (QED) is 0.871. The molecule has 1 N–H and O–H groups in total. The van der Waals surface area contributed by atoms with Gasteiger partial charge in [-0.15, -0.1) is 11.3 Å². The lowest BCUT2D eigenvalue weighted by Crippen LogP contribution is -1.92. The van der Waals surface area contributed by atoms with Crippen molar-refractivity contribution in [1.82, 2.24) is 0 Å². The first-order valence-corrected chi connectivity index (χ1v) is 6.50. The number of aliphatic hydroxyl groups is 1. The fourth-order valence-electron chi connectivity index (χ4n) is 1.47. The molecule has 94 valence electrons. The van der Waals surface area contributed by atoms with Crippen LogP contribution in [0.4, 0.5) is 0 Å². The molecular formula is C15H11NO2S. The average Bonchev–Trinajstić information content (AvgIpc) is 2.91. The summed E-state index contributed by atoms with van der Waals surface area (Å²) in [6, 6.07) is 11.1. The second-order valence-electron chi connectivity index (χ2n) is 3.69. The first-order chi connectivity index (χ1) is 9.31. The SMILES string of the molecule is N#Cc1cccc(OCc2cc(C#CCO)cs2)c1. The number of ether oxygens (including phenoxy) is 1. The first kappa shape index (κ1) is 13.2. The molecule has 2 rings (SSSR count). The molecule has 1 aromatic heterocycles. The smallest absolute Gasteiger partial charge is 0.122 e. The largest absolute Gasteiger partial charge is 0.488 e. The van der Waals surface area contributed by atoms with Crippen LogP contribution in [0.15, 0.2) is 35.7 Å². The second kappa shape index (κ2) is 6.61. The highest BCUT2D eigenvalue weighted by molar-refractivity contribution is 7.10. The van der Waals surface area contributed by atoms with Gasteiger partial charge in [-0.2, -0.15) is 5.26 Å². The van der Waals surface area contributed by atoms with Crippen LogP contribution in [0, 0.1) is 23.2 Å². The molecule has 4 heteroatoms. The fourth-order valence-corrected chi connectivity index (χ4v) is 2.20. The standard InChI is InChI=1S/C15H11NO2S/c16-9-12-3-1-5-14(7-12)18-10-15-8-13(11-19-15)4-2-6-17/h1,3,5,7-8,11,17H,6,10H2. The first-order valence-electron chi connectivity index (χ1n) is 5.62. The molecule has 0 aliphatic heterocycles. The second-order valence-corrected chi connectivity index (χ2v) is 4.69. The molecule has 0 aliphatic rings. The molecule has 0 amide bonds. The Hall–Kier alpha value is -2.27. The zero-order chi connectivity index (χ0) is 13.5. The molecule has 2 aromatic rings. The molecule has 1 heterocycles. The third-order valence-corrected chi connectivity index (χ3v) is 3.22. The molecule has 0 unspecified atom stereocenters. The molecule has 0 saturated carbocycles. The summed E-state index contributed by atoms with van der Waals surface area (Å²) in [7, 11) is 0. The molecule has 3 nitrogen and oxygen atoms in total. The summed E-state index contributed by atoms with van der Waals surface area (Å²) < 4.78 is 5.61. The van der Waals surface area contributed by atoms with Crippen molar-refractivity contribution in [3.05, 3.63) is 51.7 Å². The predicted molar refractivity (Wildman–Crippen MR) is 73.8 cm³/mol. The van der Waals surface area contributed by atoms with Crippen molar-refractivity contribution in [3.8, 4) is 23.7 Å². The normalized spacial score (nSPS) is 9.26. The van der Waals surface area contributed by atoms with E-state index in [9.17, 15) is 0 Å². The van der Waals surface area contributed by atoms with Crippen LogP contribution >= 0.6 is 11.3 Å². The van der Waals surface area contributed by atoms with Gasteiger partial charge in [0, 0.05) is 15.8 Å². The Morgan fingerprint density at radius 1 is 1.26 bits per heavy atom. The Morgan fingerprint density at radius 3 is 2.95 bits per heavy atom. The monoisotopic (exact) mass is 269 g/mol. The van der Waals surface area contributed by atoms with Crippen molar-refractivity contribution in [2.24, 2.45) is 0 Å². The van der Waals surface area contributed by atoms with Gasteiger partial charge in [-0.25, -0.2) is 0 Å². The molecule has 1 aromatic carbocycles. The summed E-state index contributed by atoms with van der Waals surface area (Å²) in [5.74, 6) is 6.12. The van der Waals surface area contributed by atoms with Gasteiger partial charge in [0.1, 0.15) is 19.0 Å². The number of nitriles is 1. The van der Waals surface area contributed by atoms with Crippen LogP contribution in [-0.4, -0.2) is 11.7 Å². The maximum atomic E-state index is 8.79. The minimum absolute atomic E-state index is 0.136. The lowest BCUT2D eigenvalue weighted by molar-refractivity contribution is 0.309. The van der Waals surface area contributed by atoms with E-state index in [4.69, 9.17) is 15.1 Å². The van der Waals surface area contributed by atoms with Crippen LogP contribution in [0.2, 0.25) is 0 Å². The molecule has 0 bridgehead atoms. The Kier molecular flexibility index (Phi) is 4.58. The van der Waals surface area contributed by atoms with E-state index in [0.717, 1.165) is 10.4 Å². The summed E-state index contributed by atoms with van der Waals surface area (Å²) in [4.78, 5) is 1.05. The topological polar surface area (TPSA) is 53.2 Å². The zero-order valence-electron chi connectivity index (χ0n) is 10.1.